The second-order valence-corrected chi connectivity index (χ2v) is 4.61. The van der Waals surface area contributed by atoms with E-state index in [0.717, 1.165) is 17.9 Å². The van der Waals surface area contributed by atoms with Gasteiger partial charge in [-0.1, -0.05) is 5.16 Å². The summed E-state index contributed by atoms with van der Waals surface area (Å²) in [6.45, 7) is 5.71. The van der Waals surface area contributed by atoms with Gasteiger partial charge in [0.05, 0.1) is 20.3 Å². The van der Waals surface area contributed by atoms with Crippen LogP contribution in [0.3, 0.4) is 0 Å². The topological polar surface area (TPSA) is 80.9 Å². The zero-order chi connectivity index (χ0) is 16.5. The van der Waals surface area contributed by atoms with Gasteiger partial charge in [0, 0.05) is 24.4 Å². The average Bonchev–Trinajstić information content (AvgIpc) is 3.08. The molecule has 1 aromatic carbocycles. The average molecular weight is 446 g/mol. The number of ether oxygens (including phenoxy) is 2. The van der Waals surface area contributed by atoms with Crippen molar-refractivity contribution in [1.82, 2.24) is 10.5 Å². The van der Waals surface area contributed by atoms with E-state index in [1.165, 1.54) is 6.26 Å². The third kappa shape index (κ3) is 5.91. The fourth-order valence-corrected chi connectivity index (χ4v) is 1.94. The zero-order valence-electron chi connectivity index (χ0n) is 14.0. The van der Waals surface area contributed by atoms with Crippen molar-refractivity contribution in [1.29, 1.82) is 0 Å². The van der Waals surface area contributed by atoms with E-state index in [1.54, 1.807) is 13.2 Å². The number of nitrogens with one attached hydrogen (secondary N) is 2. The minimum Gasteiger partial charge on any atom is -0.493 e. The van der Waals surface area contributed by atoms with E-state index in [9.17, 15) is 0 Å². The highest BCUT2D eigenvalue weighted by atomic mass is 127. The molecule has 7 nitrogen and oxygen atoms in total. The predicted molar refractivity (Wildman–Crippen MR) is 105 cm³/mol. The number of halogens is 1. The number of benzene rings is 1. The SMILES string of the molecule is CCNC(=NCc1ccon1)Nc1ccc(OCC)c(OC)c1.I. The summed E-state index contributed by atoms with van der Waals surface area (Å²) in [7, 11) is 1.62. The second kappa shape index (κ2) is 10.7. The standard InChI is InChI=1S/C16H22N4O3.HI/c1-4-17-16(18-11-13-8-9-23-20-13)19-12-6-7-14(22-5-2)15(10-12)21-3;/h6-10H,4-5,11H2,1-3H3,(H2,17,18,19);1H. The number of anilines is 1. The minimum atomic E-state index is 0. The molecule has 0 spiro atoms. The molecule has 0 saturated carbocycles. The number of hydrogen-bond acceptors (Lipinski definition) is 5. The van der Waals surface area contributed by atoms with Crippen molar-refractivity contribution in [3.05, 3.63) is 36.2 Å². The van der Waals surface area contributed by atoms with Gasteiger partial charge in [0.25, 0.3) is 0 Å². The first kappa shape index (κ1) is 20.1. The van der Waals surface area contributed by atoms with Gasteiger partial charge in [-0.15, -0.1) is 24.0 Å². The van der Waals surface area contributed by atoms with E-state index in [4.69, 9.17) is 14.0 Å². The highest BCUT2D eigenvalue weighted by Crippen LogP contribution is 2.30. The van der Waals surface area contributed by atoms with E-state index in [1.807, 2.05) is 32.0 Å². The van der Waals surface area contributed by atoms with Gasteiger partial charge < -0.3 is 24.6 Å². The van der Waals surface area contributed by atoms with Crippen molar-refractivity contribution in [3.63, 3.8) is 0 Å². The molecular formula is C16H23IN4O3. The maximum absolute atomic E-state index is 5.51. The first-order chi connectivity index (χ1) is 11.3. The van der Waals surface area contributed by atoms with Crippen molar-refractivity contribution in [2.24, 2.45) is 4.99 Å². The summed E-state index contributed by atoms with van der Waals surface area (Å²) in [6.07, 6.45) is 1.53. The summed E-state index contributed by atoms with van der Waals surface area (Å²) in [4.78, 5) is 4.47. The van der Waals surface area contributed by atoms with Crippen molar-refractivity contribution in [2.75, 3.05) is 25.6 Å². The van der Waals surface area contributed by atoms with E-state index >= 15 is 0 Å². The summed E-state index contributed by atoms with van der Waals surface area (Å²) in [5, 5.41) is 10.3. The predicted octanol–water partition coefficient (Wildman–Crippen LogP) is 3.28. The molecule has 24 heavy (non-hydrogen) atoms. The van der Waals surface area contributed by atoms with Crippen LogP contribution in [-0.4, -0.2) is 31.4 Å². The molecule has 8 heteroatoms. The van der Waals surface area contributed by atoms with E-state index in [0.29, 0.717) is 30.6 Å². The van der Waals surface area contributed by atoms with E-state index in [-0.39, 0.29) is 24.0 Å². The molecule has 1 heterocycles. The molecule has 132 valence electrons. The number of aliphatic imine (C=N–C) groups is 1. The maximum atomic E-state index is 5.51. The summed E-state index contributed by atoms with van der Waals surface area (Å²) < 4.78 is 15.7. The Morgan fingerprint density at radius 1 is 1.25 bits per heavy atom. The summed E-state index contributed by atoms with van der Waals surface area (Å²) >= 11 is 0. The molecule has 0 aliphatic rings. The lowest BCUT2D eigenvalue weighted by molar-refractivity contribution is 0.311. The lowest BCUT2D eigenvalue weighted by atomic mass is 10.2. The number of aromatic nitrogens is 1. The summed E-state index contributed by atoms with van der Waals surface area (Å²) in [5.41, 5.74) is 1.62. The van der Waals surface area contributed by atoms with Gasteiger partial charge in [0.15, 0.2) is 17.5 Å². The fraction of sp³-hybridized carbons (Fsp3) is 0.375. The quantitative estimate of drug-likeness (QED) is 0.386. The molecule has 0 aliphatic carbocycles. The normalized spacial score (nSPS) is 10.7. The van der Waals surface area contributed by atoms with Gasteiger partial charge in [-0.2, -0.15) is 0 Å². The van der Waals surface area contributed by atoms with Crippen LogP contribution < -0.4 is 20.1 Å². The van der Waals surface area contributed by atoms with Gasteiger partial charge in [-0.3, -0.25) is 0 Å². The van der Waals surface area contributed by atoms with Crippen molar-refractivity contribution >= 4 is 35.6 Å². The molecular weight excluding hydrogens is 423 g/mol. The molecule has 0 amide bonds. The first-order valence-electron chi connectivity index (χ1n) is 7.52. The lowest BCUT2D eigenvalue weighted by Gasteiger charge is -2.14. The first-order valence-corrected chi connectivity index (χ1v) is 7.52. The Morgan fingerprint density at radius 3 is 2.71 bits per heavy atom. The molecule has 0 bridgehead atoms. The molecule has 2 aromatic rings. The Labute approximate surface area is 158 Å². The Bertz CT molecular complexity index is 632. The third-order valence-corrected chi connectivity index (χ3v) is 2.96. The van der Waals surface area contributed by atoms with Crippen LogP contribution in [0.2, 0.25) is 0 Å². The number of nitrogens with zero attached hydrogens (tertiary/aromatic N) is 2. The molecule has 0 atom stereocenters. The molecule has 2 rings (SSSR count). The van der Waals surface area contributed by atoms with Crippen LogP contribution in [0.15, 0.2) is 40.0 Å². The number of hydrogen-bond donors (Lipinski definition) is 2. The van der Waals surface area contributed by atoms with Crippen LogP contribution in [0.4, 0.5) is 5.69 Å². The Balaban J connectivity index is 0.00000288. The lowest BCUT2D eigenvalue weighted by Crippen LogP contribution is -2.30. The zero-order valence-corrected chi connectivity index (χ0v) is 16.4. The largest absolute Gasteiger partial charge is 0.493 e. The highest BCUT2D eigenvalue weighted by Gasteiger charge is 2.07. The number of rotatable bonds is 7. The van der Waals surface area contributed by atoms with Gasteiger partial charge in [0.2, 0.25) is 0 Å². The molecule has 0 saturated heterocycles. The maximum Gasteiger partial charge on any atom is 0.196 e. The summed E-state index contributed by atoms with van der Waals surface area (Å²) in [5.74, 6) is 2.04. The van der Waals surface area contributed by atoms with Crippen molar-refractivity contribution < 1.29 is 14.0 Å². The van der Waals surface area contributed by atoms with Crippen LogP contribution >= 0.6 is 24.0 Å². The highest BCUT2D eigenvalue weighted by molar-refractivity contribution is 14.0. The monoisotopic (exact) mass is 446 g/mol. The second-order valence-electron chi connectivity index (χ2n) is 4.61. The van der Waals surface area contributed by atoms with Crippen LogP contribution in [0.1, 0.15) is 19.5 Å². The van der Waals surface area contributed by atoms with Crippen LogP contribution in [0.25, 0.3) is 0 Å². The van der Waals surface area contributed by atoms with E-state index in [2.05, 4.69) is 20.8 Å². The molecule has 0 unspecified atom stereocenters. The number of guanidine groups is 1. The van der Waals surface area contributed by atoms with Crippen LogP contribution in [-0.2, 0) is 6.54 Å². The Kier molecular flexibility index (Phi) is 8.98. The molecule has 0 aliphatic heterocycles. The van der Waals surface area contributed by atoms with E-state index < -0.39 is 0 Å². The van der Waals surface area contributed by atoms with Gasteiger partial charge in [-0.25, -0.2) is 4.99 Å². The Morgan fingerprint density at radius 2 is 2.08 bits per heavy atom. The van der Waals surface area contributed by atoms with Crippen LogP contribution in [0.5, 0.6) is 11.5 Å². The van der Waals surface area contributed by atoms with Gasteiger partial charge in [-0.05, 0) is 26.0 Å². The molecule has 1 aromatic heterocycles. The fourth-order valence-electron chi connectivity index (χ4n) is 1.94. The molecule has 0 radical (unpaired) electrons. The molecule has 2 N–H and O–H groups in total. The van der Waals surface area contributed by atoms with Crippen LogP contribution in [0, 0.1) is 0 Å². The smallest absolute Gasteiger partial charge is 0.196 e. The minimum absolute atomic E-state index is 0. The third-order valence-electron chi connectivity index (χ3n) is 2.96. The van der Waals surface area contributed by atoms with Crippen molar-refractivity contribution in [3.8, 4) is 11.5 Å². The molecule has 0 fully saturated rings. The number of methoxy groups -OCH3 is 1. The van der Waals surface area contributed by atoms with Gasteiger partial charge in [0.1, 0.15) is 12.0 Å². The van der Waals surface area contributed by atoms with Gasteiger partial charge >= 0.3 is 0 Å². The van der Waals surface area contributed by atoms with Crippen molar-refractivity contribution in [2.45, 2.75) is 20.4 Å². The summed E-state index contributed by atoms with van der Waals surface area (Å²) in [6, 6.07) is 7.43. The Hall–Kier alpha value is -1.97.